The summed E-state index contributed by atoms with van der Waals surface area (Å²) < 4.78 is 11.9. The van der Waals surface area contributed by atoms with E-state index in [0.29, 0.717) is 5.92 Å². The first-order chi connectivity index (χ1) is 8.27. The van der Waals surface area contributed by atoms with Crippen molar-refractivity contribution in [1.29, 1.82) is 0 Å². The number of rotatable bonds is 6. The Morgan fingerprint density at radius 3 is 2.71 bits per heavy atom. The molecule has 0 bridgehead atoms. The summed E-state index contributed by atoms with van der Waals surface area (Å²) in [6.07, 6.45) is 7.06. The maximum absolute atomic E-state index is 11.9. The highest BCUT2D eigenvalue weighted by Gasteiger charge is 2.06. The molecule has 2 heteroatoms. The number of allylic oxidation sites excluding steroid dienone is 4. The highest BCUT2D eigenvalue weighted by Crippen LogP contribution is 2.23. The zero-order valence-corrected chi connectivity index (χ0v) is 9.97. The van der Waals surface area contributed by atoms with Crippen molar-refractivity contribution >= 4 is 0 Å². The molecule has 0 aliphatic heterocycles. The van der Waals surface area contributed by atoms with Crippen molar-refractivity contribution < 1.29 is 9.47 Å². The molecular weight excluding hydrogens is 215 g/mol. The molecule has 0 radical (unpaired) electrons. The summed E-state index contributed by atoms with van der Waals surface area (Å²) in [5.41, 5.74) is 2.02. The first-order valence-corrected chi connectivity index (χ1v) is 5.58. The van der Waals surface area contributed by atoms with Gasteiger partial charge in [-0.05, 0) is 23.5 Å². The van der Waals surface area contributed by atoms with Crippen LogP contribution in [0.3, 0.4) is 0 Å². The summed E-state index contributed by atoms with van der Waals surface area (Å²) in [4.78, 5) is 3.59. The third kappa shape index (κ3) is 4.68. The number of hydrogen-bond donors (Lipinski definition) is 0. The van der Waals surface area contributed by atoms with Crippen LogP contribution in [0.2, 0.25) is 0 Å². The largest absolute Gasteiger partial charge is 0.302 e. The monoisotopic (exact) mass is 232 g/mol. The van der Waals surface area contributed by atoms with Gasteiger partial charge in [-0.2, -0.15) is 0 Å². The van der Waals surface area contributed by atoms with Gasteiger partial charge in [0.15, 0.2) is 0 Å². The van der Waals surface area contributed by atoms with Gasteiger partial charge in [0.1, 0.15) is 6.26 Å². The van der Waals surface area contributed by atoms with Gasteiger partial charge in [-0.25, -0.2) is 0 Å². The zero-order chi connectivity index (χ0) is 12.5. The molecule has 1 aromatic rings. The molecule has 0 aromatic heterocycles. The van der Waals surface area contributed by atoms with Crippen LogP contribution in [0.1, 0.15) is 24.8 Å². The van der Waals surface area contributed by atoms with Crippen molar-refractivity contribution in [1.82, 2.24) is 0 Å². The molecule has 0 aliphatic rings. The normalized spacial score (nSPS) is 13.6. The molecule has 1 aromatic carbocycles. The number of benzene rings is 1. The molecule has 1 rings (SSSR count). The zero-order valence-electron chi connectivity index (χ0n) is 9.97. The minimum atomic E-state index is 0.312. The Morgan fingerprint density at radius 1 is 1.41 bits per heavy atom. The smallest absolute Gasteiger partial charge is 0.139 e. The number of hydrogen-bond acceptors (Lipinski definition) is 1. The average molecular weight is 232 g/mol. The van der Waals surface area contributed by atoms with Crippen LogP contribution >= 0.6 is 0 Å². The van der Waals surface area contributed by atoms with Gasteiger partial charge in [0.05, 0.1) is 0 Å². The van der Waals surface area contributed by atoms with Crippen molar-refractivity contribution in [2.45, 2.75) is 19.3 Å². The summed E-state index contributed by atoms with van der Waals surface area (Å²) in [5.74, 6) is 0.312. The van der Waals surface area contributed by atoms with Gasteiger partial charge in [-0.15, -0.1) is 0 Å². The molecule has 0 heterocycles. The van der Waals surface area contributed by atoms with E-state index in [2.05, 4.69) is 30.6 Å². The third-order valence-corrected chi connectivity index (χ3v) is 2.55. The molecule has 1 unspecified atom stereocenters. The highest BCUT2D eigenvalue weighted by atomic mass is 19.3. The SMILES string of the molecule is C=C/C=C\C(=C/OF)CC(C)c1ccccc1. The summed E-state index contributed by atoms with van der Waals surface area (Å²) in [5, 5.41) is 0. The summed E-state index contributed by atoms with van der Waals surface area (Å²) >= 11 is 0. The first kappa shape index (κ1) is 13.2. The fraction of sp³-hybridized carbons (Fsp3) is 0.200. The summed E-state index contributed by atoms with van der Waals surface area (Å²) in [6, 6.07) is 10.1. The van der Waals surface area contributed by atoms with Crippen LogP contribution in [0.15, 0.2) is 67.0 Å². The molecule has 17 heavy (non-hydrogen) atoms. The van der Waals surface area contributed by atoms with E-state index in [4.69, 9.17) is 0 Å². The summed E-state index contributed by atoms with van der Waals surface area (Å²) in [7, 11) is 0. The van der Waals surface area contributed by atoms with Crippen molar-refractivity contribution in [2.75, 3.05) is 0 Å². The van der Waals surface area contributed by atoms with E-state index in [9.17, 15) is 4.53 Å². The van der Waals surface area contributed by atoms with E-state index in [1.165, 1.54) is 5.56 Å². The Hall–Kier alpha value is -1.83. The second-order valence-corrected chi connectivity index (χ2v) is 3.89. The molecule has 0 amide bonds. The van der Waals surface area contributed by atoms with Gasteiger partial charge in [0.2, 0.25) is 0 Å². The lowest BCUT2D eigenvalue weighted by atomic mass is 9.94. The minimum absolute atomic E-state index is 0.312. The van der Waals surface area contributed by atoms with Crippen LogP contribution in [0.5, 0.6) is 0 Å². The Morgan fingerprint density at radius 2 is 2.12 bits per heavy atom. The van der Waals surface area contributed by atoms with Gasteiger partial charge in [0, 0.05) is 4.53 Å². The fourth-order valence-electron chi connectivity index (χ4n) is 1.66. The third-order valence-electron chi connectivity index (χ3n) is 2.55. The quantitative estimate of drug-likeness (QED) is 0.510. The fourth-order valence-corrected chi connectivity index (χ4v) is 1.66. The maximum Gasteiger partial charge on any atom is 0.139 e. The van der Waals surface area contributed by atoms with Crippen LogP contribution in [-0.2, 0) is 4.94 Å². The molecule has 0 N–H and O–H groups in total. The van der Waals surface area contributed by atoms with E-state index >= 15 is 0 Å². The molecule has 0 aliphatic carbocycles. The predicted molar refractivity (Wildman–Crippen MR) is 69.1 cm³/mol. The van der Waals surface area contributed by atoms with E-state index < -0.39 is 0 Å². The Labute approximate surface area is 102 Å². The standard InChI is InChI=1S/C15H17FO/c1-3-4-8-14(12-17-16)11-13(2)15-9-6-5-7-10-15/h3-10,12-13H,1,11H2,2H3/b8-4-,14-12+. The maximum atomic E-state index is 11.9. The van der Waals surface area contributed by atoms with E-state index in [1.807, 2.05) is 18.2 Å². The summed E-state index contributed by atoms with van der Waals surface area (Å²) in [6.45, 7) is 5.68. The predicted octanol–water partition coefficient (Wildman–Crippen LogP) is 4.71. The average Bonchev–Trinajstić information content (AvgIpc) is 2.37. The van der Waals surface area contributed by atoms with Crippen LogP contribution in [-0.4, -0.2) is 0 Å². The van der Waals surface area contributed by atoms with Crippen molar-refractivity contribution in [3.05, 3.63) is 72.5 Å². The molecule has 90 valence electrons. The molecule has 1 atom stereocenters. The van der Waals surface area contributed by atoms with Gasteiger partial charge >= 0.3 is 0 Å². The lowest BCUT2D eigenvalue weighted by Crippen LogP contribution is -1.94. The van der Waals surface area contributed by atoms with Crippen LogP contribution in [0, 0.1) is 0 Å². The van der Waals surface area contributed by atoms with Crippen LogP contribution < -0.4 is 0 Å². The highest BCUT2D eigenvalue weighted by molar-refractivity contribution is 5.26. The van der Waals surface area contributed by atoms with Gasteiger partial charge in [-0.3, -0.25) is 0 Å². The molecular formula is C15H17FO. The van der Waals surface area contributed by atoms with Gasteiger partial charge < -0.3 is 4.94 Å². The van der Waals surface area contributed by atoms with Crippen LogP contribution in [0.4, 0.5) is 4.53 Å². The number of halogens is 1. The van der Waals surface area contributed by atoms with Gasteiger partial charge in [-0.1, -0.05) is 62.1 Å². The molecule has 1 nitrogen and oxygen atoms in total. The van der Waals surface area contributed by atoms with Crippen molar-refractivity contribution in [2.24, 2.45) is 0 Å². The lowest BCUT2D eigenvalue weighted by molar-refractivity contribution is -0.0629. The second kappa shape index (κ2) is 7.44. The second-order valence-electron chi connectivity index (χ2n) is 3.89. The molecule has 0 spiro atoms. The van der Waals surface area contributed by atoms with E-state index in [0.717, 1.165) is 18.3 Å². The Balaban J connectivity index is 2.71. The minimum Gasteiger partial charge on any atom is -0.302 e. The Kier molecular flexibility index (Phi) is 5.80. The van der Waals surface area contributed by atoms with Crippen molar-refractivity contribution in [3.8, 4) is 0 Å². The Bertz CT molecular complexity index is 393. The van der Waals surface area contributed by atoms with Gasteiger partial charge in [0.25, 0.3) is 0 Å². The first-order valence-electron chi connectivity index (χ1n) is 5.58. The lowest BCUT2D eigenvalue weighted by Gasteiger charge is -2.11. The van der Waals surface area contributed by atoms with Crippen molar-refractivity contribution in [3.63, 3.8) is 0 Å². The molecule has 0 saturated carbocycles. The van der Waals surface area contributed by atoms with E-state index in [1.54, 1.807) is 18.2 Å². The van der Waals surface area contributed by atoms with E-state index in [-0.39, 0.29) is 0 Å². The molecule has 0 saturated heterocycles. The van der Waals surface area contributed by atoms with Crippen LogP contribution in [0.25, 0.3) is 0 Å². The molecule has 0 fully saturated rings. The topological polar surface area (TPSA) is 9.23 Å².